The van der Waals surface area contributed by atoms with Crippen molar-refractivity contribution in [2.75, 3.05) is 6.54 Å². The zero-order chi connectivity index (χ0) is 14.7. The van der Waals surface area contributed by atoms with Crippen LogP contribution in [0.5, 0.6) is 0 Å². The number of halogens is 1. The van der Waals surface area contributed by atoms with Gasteiger partial charge in [-0.15, -0.1) is 0 Å². The maximum absolute atomic E-state index is 11.9. The van der Waals surface area contributed by atoms with Crippen molar-refractivity contribution in [2.45, 2.75) is 26.8 Å². The van der Waals surface area contributed by atoms with E-state index in [9.17, 15) is 4.79 Å². The van der Waals surface area contributed by atoms with E-state index in [2.05, 4.69) is 15.5 Å². The van der Waals surface area contributed by atoms with Crippen molar-refractivity contribution >= 4 is 17.5 Å². The summed E-state index contributed by atoms with van der Waals surface area (Å²) in [7, 11) is 1.73. The molecule has 0 aliphatic heterocycles. The van der Waals surface area contributed by atoms with Crippen molar-refractivity contribution in [3.63, 3.8) is 0 Å². The van der Waals surface area contributed by atoms with Gasteiger partial charge in [0.25, 0.3) is 5.91 Å². The van der Waals surface area contributed by atoms with Crippen LogP contribution in [0.1, 0.15) is 28.3 Å². The second kappa shape index (κ2) is 6.09. The molecular weight excluding hydrogens is 278 g/mol. The smallest absolute Gasteiger partial charge is 0.273 e. The third kappa shape index (κ3) is 3.39. The van der Waals surface area contributed by atoms with Crippen molar-refractivity contribution in [1.29, 1.82) is 0 Å². The third-order valence-corrected chi connectivity index (χ3v) is 3.21. The standard InChI is InChI=1S/C13H18ClN5O/c1-9-7-10(2)19(16-9)6-4-5-15-13(20)12-11(14)8-18(3)17-12/h7-8H,4-6H2,1-3H3,(H,15,20). The van der Waals surface area contributed by atoms with Gasteiger partial charge < -0.3 is 5.32 Å². The Bertz CT molecular complexity index is 616. The minimum Gasteiger partial charge on any atom is -0.351 e. The van der Waals surface area contributed by atoms with Crippen LogP contribution in [0, 0.1) is 13.8 Å². The van der Waals surface area contributed by atoms with Crippen molar-refractivity contribution in [1.82, 2.24) is 24.9 Å². The summed E-state index contributed by atoms with van der Waals surface area (Å²) in [6.45, 7) is 5.32. The molecular formula is C13H18ClN5O. The minimum atomic E-state index is -0.246. The van der Waals surface area contributed by atoms with E-state index in [1.807, 2.05) is 24.6 Å². The fourth-order valence-corrected chi connectivity index (χ4v) is 2.29. The lowest BCUT2D eigenvalue weighted by molar-refractivity contribution is 0.0947. The predicted octanol–water partition coefficient (Wildman–Crippen LogP) is 1.71. The molecule has 7 heteroatoms. The fraction of sp³-hybridized carbons (Fsp3) is 0.462. The van der Waals surface area contributed by atoms with Crippen LogP contribution in [0.4, 0.5) is 0 Å². The number of nitrogens with zero attached hydrogens (tertiary/aromatic N) is 4. The molecule has 0 aromatic carbocycles. The second-order valence-corrected chi connectivity index (χ2v) is 5.17. The molecule has 0 atom stereocenters. The van der Waals surface area contributed by atoms with Gasteiger partial charge in [0.2, 0.25) is 0 Å². The first-order valence-corrected chi connectivity index (χ1v) is 6.83. The quantitative estimate of drug-likeness (QED) is 0.854. The number of carbonyl (C=O) groups excluding carboxylic acids is 1. The normalized spacial score (nSPS) is 10.8. The van der Waals surface area contributed by atoms with Gasteiger partial charge in [-0.3, -0.25) is 14.2 Å². The lowest BCUT2D eigenvalue weighted by atomic mass is 10.3. The van der Waals surface area contributed by atoms with Crippen LogP contribution < -0.4 is 5.32 Å². The first-order chi connectivity index (χ1) is 9.47. The van der Waals surface area contributed by atoms with Crippen LogP contribution in [-0.2, 0) is 13.6 Å². The van der Waals surface area contributed by atoms with Crippen LogP contribution in [0.25, 0.3) is 0 Å². The number of aryl methyl sites for hydroxylation is 4. The number of hydrogen-bond acceptors (Lipinski definition) is 3. The average Bonchev–Trinajstić information content (AvgIpc) is 2.87. The van der Waals surface area contributed by atoms with E-state index in [-0.39, 0.29) is 11.6 Å². The van der Waals surface area contributed by atoms with Gasteiger partial charge in [0, 0.05) is 32.0 Å². The third-order valence-electron chi connectivity index (χ3n) is 2.93. The highest BCUT2D eigenvalue weighted by atomic mass is 35.5. The molecule has 0 saturated heterocycles. The van der Waals surface area contributed by atoms with E-state index < -0.39 is 0 Å². The summed E-state index contributed by atoms with van der Waals surface area (Å²) in [6, 6.07) is 2.03. The van der Waals surface area contributed by atoms with Crippen LogP contribution >= 0.6 is 11.6 Å². The molecule has 2 rings (SSSR count). The van der Waals surface area contributed by atoms with Crippen LogP contribution in [0.3, 0.4) is 0 Å². The molecule has 20 heavy (non-hydrogen) atoms. The molecule has 0 fully saturated rings. The Morgan fingerprint density at radius 2 is 2.15 bits per heavy atom. The minimum absolute atomic E-state index is 0.246. The van der Waals surface area contributed by atoms with Gasteiger partial charge in [-0.25, -0.2) is 0 Å². The highest BCUT2D eigenvalue weighted by molar-refractivity contribution is 6.33. The number of aromatic nitrogens is 4. The van der Waals surface area contributed by atoms with E-state index in [1.54, 1.807) is 13.2 Å². The largest absolute Gasteiger partial charge is 0.351 e. The molecule has 0 unspecified atom stereocenters. The van der Waals surface area contributed by atoms with E-state index in [0.29, 0.717) is 11.6 Å². The summed E-state index contributed by atoms with van der Waals surface area (Å²) < 4.78 is 3.46. The van der Waals surface area contributed by atoms with Crippen molar-refractivity contribution in [3.05, 3.63) is 34.4 Å². The first kappa shape index (κ1) is 14.6. The summed E-state index contributed by atoms with van der Waals surface area (Å²) in [6.07, 6.45) is 2.41. The topological polar surface area (TPSA) is 64.7 Å². The lowest BCUT2D eigenvalue weighted by Gasteiger charge is -2.05. The van der Waals surface area contributed by atoms with E-state index in [4.69, 9.17) is 11.6 Å². The summed E-state index contributed by atoms with van der Waals surface area (Å²) in [4.78, 5) is 11.9. The van der Waals surface area contributed by atoms with Crippen LogP contribution in [-0.4, -0.2) is 32.0 Å². The van der Waals surface area contributed by atoms with Gasteiger partial charge >= 0.3 is 0 Å². The summed E-state index contributed by atoms with van der Waals surface area (Å²) >= 11 is 5.91. The Kier molecular flexibility index (Phi) is 4.44. The van der Waals surface area contributed by atoms with Crippen LogP contribution in [0.15, 0.2) is 12.3 Å². The molecule has 108 valence electrons. The van der Waals surface area contributed by atoms with Gasteiger partial charge in [-0.05, 0) is 26.3 Å². The zero-order valence-corrected chi connectivity index (χ0v) is 12.6. The summed E-state index contributed by atoms with van der Waals surface area (Å²) in [5.74, 6) is -0.246. The molecule has 0 radical (unpaired) electrons. The van der Waals surface area contributed by atoms with Crippen molar-refractivity contribution < 1.29 is 4.79 Å². The molecule has 0 aliphatic carbocycles. The molecule has 0 spiro atoms. The average molecular weight is 296 g/mol. The van der Waals surface area contributed by atoms with Gasteiger partial charge in [0.15, 0.2) is 5.69 Å². The van der Waals surface area contributed by atoms with Gasteiger partial charge in [-0.2, -0.15) is 10.2 Å². The SMILES string of the molecule is Cc1cc(C)n(CCCNC(=O)c2nn(C)cc2Cl)n1. The highest BCUT2D eigenvalue weighted by Gasteiger charge is 2.13. The molecule has 0 aliphatic rings. The van der Waals surface area contributed by atoms with E-state index in [0.717, 1.165) is 24.4 Å². The van der Waals surface area contributed by atoms with Gasteiger partial charge in [0.05, 0.1) is 10.7 Å². The van der Waals surface area contributed by atoms with E-state index >= 15 is 0 Å². The van der Waals surface area contributed by atoms with Crippen molar-refractivity contribution in [3.8, 4) is 0 Å². The number of amides is 1. The fourth-order valence-electron chi connectivity index (χ4n) is 2.03. The number of carbonyl (C=O) groups is 1. The summed E-state index contributed by atoms with van der Waals surface area (Å²) in [5.41, 5.74) is 2.40. The van der Waals surface area contributed by atoms with Crippen LogP contribution in [0.2, 0.25) is 5.02 Å². The Balaban J connectivity index is 1.80. The monoisotopic (exact) mass is 295 g/mol. The van der Waals surface area contributed by atoms with Gasteiger partial charge in [-0.1, -0.05) is 11.6 Å². The molecule has 2 aromatic heterocycles. The van der Waals surface area contributed by atoms with Gasteiger partial charge in [0.1, 0.15) is 0 Å². The Hall–Kier alpha value is -1.82. The maximum Gasteiger partial charge on any atom is 0.273 e. The summed E-state index contributed by atoms with van der Waals surface area (Å²) in [5, 5.41) is 11.6. The molecule has 0 saturated carbocycles. The zero-order valence-electron chi connectivity index (χ0n) is 11.9. The number of nitrogens with one attached hydrogen (secondary N) is 1. The molecule has 2 heterocycles. The Labute approximate surface area is 122 Å². The first-order valence-electron chi connectivity index (χ1n) is 6.46. The maximum atomic E-state index is 11.9. The highest BCUT2D eigenvalue weighted by Crippen LogP contribution is 2.12. The molecule has 0 bridgehead atoms. The molecule has 1 amide bonds. The molecule has 6 nitrogen and oxygen atoms in total. The number of rotatable bonds is 5. The number of hydrogen-bond donors (Lipinski definition) is 1. The van der Waals surface area contributed by atoms with E-state index in [1.165, 1.54) is 4.68 Å². The predicted molar refractivity (Wildman–Crippen MR) is 76.9 cm³/mol. The second-order valence-electron chi connectivity index (χ2n) is 4.76. The van der Waals surface area contributed by atoms with Crippen molar-refractivity contribution in [2.24, 2.45) is 7.05 Å². The Morgan fingerprint density at radius 1 is 1.40 bits per heavy atom. The lowest BCUT2D eigenvalue weighted by Crippen LogP contribution is -2.26. The molecule has 1 N–H and O–H groups in total. The Morgan fingerprint density at radius 3 is 2.70 bits per heavy atom. The molecule has 2 aromatic rings.